The predicted molar refractivity (Wildman–Crippen MR) is 115 cm³/mol. The van der Waals surface area contributed by atoms with Gasteiger partial charge >= 0.3 is 0 Å². The number of methoxy groups -OCH3 is 1. The molecular weight excluding hydrogens is 410 g/mol. The average Bonchev–Trinajstić information content (AvgIpc) is 3.41. The van der Waals surface area contributed by atoms with Crippen LogP contribution in [0.1, 0.15) is 27.5 Å². The Bertz CT molecular complexity index is 1050. The van der Waals surface area contributed by atoms with Crippen LogP contribution in [0.25, 0.3) is 10.8 Å². The number of nitrogens with one attached hydrogen (secondary N) is 1. The summed E-state index contributed by atoms with van der Waals surface area (Å²) in [5.41, 5.74) is 1.66. The van der Waals surface area contributed by atoms with E-state index >= 15 is 0 Å². The second kappa shape index (κ2) is 8.08. The summed E-state index contributed by atoms with van der Waals surface area (Å²) in [6.07, 6.45) is 0.851. The van der Waals surface area contributed by atoms with E-state index in [2.05, 4.69) is 15.2 Å². The van der Waals surface area contributed by atoms with Crippen molar-refractivity contribution in [2.45, 2.75) is 26.3 Å². The molecule has 29 heavy (non-hydrogen) atoms. The van der Waals surface area contributed by atoms with Gasteiger partial charge in [-0.3, -0.25) is 4.79 Å². The maximum atomic E-state index is 12.9. The fourth-order valence-corrected chi connectivity index (χ4v) is 4.62. The summed E-state index contributed by atoms with van der Waals surface area (Å²) in [6.45, 7) is 5.26. The molecule has 0 saturated carbocycles. The van der Waals surface area contributed by atoms with Crippen molar-refractivity contribution in [1.29, 1.82) is 0 Å². The zero-order valence-corrected chi connectivity index (χ0v) is 18.1. The van der Waals surface area contributed by atoms with Gasteiger partial charge in [-0.1, -0.05) is 11.6 Å². The topological polar surface area (TPSA) is 67.6 Å². The largest absolute Gasteiger partial charge is 0.495 e. The third kappa shape index (κ3) is 4.11. The molecule has 1 fully saturated rings. The lowest BCUT2D eigenvalue weighted by Crippen LogP contribution is -2.37. The van der Waals surface area contributed by atoms with Gasteiger partial charge in [-0.05, 0) is 50.6 Å². The number of hydrogen-bond donors (Lipinski definition) is 1. The zero-order chi connectivity index (χ0) is 20.5. The SMILES string of the molecule is COc1ccc(Cl)cc1N1CC[C@@H](NC(=O)c2sc(-c3ccc(C)o3)nc2C)C1. The van der Waals surface area contributed by atoms with Crippen molar-refractivity contribution in [3.8, 4) is 16.5 Å². The van der Waals surface area contributed by atoms with Gasteiger partial charge in [0.05, 0.1) is 18.5 Å². The summed E-state index contributed by atoms with van der Waals surface area (Å²) < 4.78 is 11.1. The summed E-state index contributed by atoms with van der Waals surface area (Å²) in [4.78, 5) is 20.2. The fourth-order valence-electron chi connectivity index (χ4n) is 3.52. The van der Waals surface area contributed by atoms with E-state index in [4.69, 9.17) is 20.8 Å². The van der Waals surface area contributed by atoms with Crippen LogP contribution in [0.15, 0.2) is 34.7 Å². The van der Waals surface area contributed by atoms with E-state index < -0.39 is 0 Å². The number of rotatable bonds is 5. The monoisotopic (exact) mass is 431 g/mol. The highest BCUT2D eigenvalue weighted by atomic mass is 35.5. The van der Waals surface area contributed by atoms with Gasteiger partial charge in [-0.15, -0.1) is 11.3 Å². The van der Waals surface area contributed by atoms with Crippen molar-refractivity contribution in [3.63, 3.8) is 0 Å². The number of furan rings is 1. The average molecular weight is 432 g/mol. The number of aromatic nitrogens is 1. The molecule has 0 unspecified atom stereocenters. The van der Waals surface area contributed by atoms with Gasteiger partial charge in [0.15, 0.2) is 10.8 Å². The molecule has 0 radical (unpaired) electrons. The molecule has 2 aromatic heterocycles. The van der Waals surface area contributed by atoms with Crippen molar-refractivity contribution in [2.75, 3.05) is 25.1 Å². The summed E-state index contributed by atoms with van der Waals surface area (Å²) in [7, 11) is 1.65. The molecule has 1 atom stereocenters. The van der Waals surface area contributed by atoms with Gasteiger partial charge in [0.25, 0.3) is 5.91 Å². The number of hydrogen-bond acceptors (Lipinski definition) is 6. The third-order valence-corrected chi connectivity index (χ3v) is 6.36. The Hall–Kier alpha value is -2.51. The van der Waals surface area contributed by atoms with E-state index in [9.17, 15) is 4.79 Å². The van der Waals surface area contributed by atoms with Crippen LogP contribution in [0, 0.1) is 13.8 Å². The minimum absolute atomic E-state index is 0.0435. The summed E-state index contributed by atoms with van der Waals surface area (Å²) >= 11 is 7.51. The number of nitrogens with zero attached hydrogens (tertiary/aromatic N) is 2. The molecule has 1 aliphatic rings. The van der Waals surface area contributed by atoms with Crippen LogP contribution in [0.2, 0.25) is 5.02 Å². The Morgan fingerprint density at radius 1 is 1.34 bits per heavy atom. The summed E-state index contributed by atoms with van der Waals surface area (Å²) in [5, 5.41) is 4.52. The molecular formula is C21H22ClN3O3S. The molecule has 4 rings (SSSR count). The van der Waals surface area contributed by atoms with Crippen LogP contribution < -0.4 is 15.0 Å². The quantitative estimate of drug-likeness (QED) is 0.634. The number of ether oxygens (including phenoxy) is 1. The van der Waals surface area contributed by atoms with E-state index in [0.29, 0.717) is 27.9 Å². The second-order valence-electron chi connectivity index (χ2n) is 7.07. The highest BCUT2D eigenvalue weighted by molar-refractivity contribution is 7.17. The van der Waals surface area contributed by atoms with Crippen LogP contribution >= 0.6 is 22.9 Å². The Balaban J connectivity index is 1.45. The molecule has 1 saturated heterocycles. The number of amides is 1. The van der Waals surface area contributed by atoms with Gasteiger partial charge in [0.2, 0.25) is 0 Å². The third-order valence-electron chi connectivity index (χ3n) is 4.96. The number of thiazole rings is 1. The Morgan fingerprint density at radius 2 is 2.17 bits per heavy atom. The minimum atomic E-state index is -0.0977. The van der Waals surface area contributed by atoms with Crippen molar-refractivity contribution < 1.29 is 13.9 Å². The molecule has 0 bridgehead atoms. The molecule has 1 aliphatic heterocycles. The number of benzene rings is 1. The molecule has 0 spiro atoms. The number of aryl methyl sites for hydroxylation is 2. The van der Waals surface area contributed by atoms with E-state index in [1.165, 1.54) is 11.3 Å². The van der Waals surface area contributed by atoms with Crippen LogP contribution in [0.5, 0.6) is 5.75 Å². The lowest BCUT2D eigenvalue weighted by atomic mass is 10.2. The fraction of sp³-hybridized carbons (Fsp3) is 0.333. The Labute approximate surface area is 178 Å². The first kappa shape index (κ1) is 19.8. The molecule has 1 N–H and O–H groups in total. The van der Waals surface area contributed by atoms with E-state index in [0.717, 1.165) is 35.2 Å². The molecule has 152 valence electrons. The van der Waals surface area contributed by atoms with Crippen LogP contribution in [-0.2, 0) is 0 Å². The number of carbonyl (C=O) groups is 1. The maximum absolute atomic E-state index is 12.9. The molecule has 6 nitrogen and oxygen atoms in total. The highest BCUT2D eigenvalue weighted by Gasteiger charge is 2.28. The molecule has 0 aliphatic carbocycles. The van der Waals surface area contributed by atoms with E-state index in [1.807, 2.05) is 44.2 Å². The smallest absolute Gasteiger partial charge is 0.263 e. The van der Waals surface area contributed by atoms with Crippen molar-refractivity contribution >= 4 is 34.5 Å². The van der Waals surface area contributed by atoms with Gasteiger partial charge < -0.3 is 19.4 Å². The first-order valence-electron chi connectivity index (χ1n) is 9.38. The van der Waals surface area contributed by atoms with Crippen molar-refractivity contribution in [2.24, 2.45) is 0 Å². The molecule has 3 heterocycles. The maximum Gasteiger partial charge on any atom is 0.263 e. The van der Waals surface area contributed by atoms with Gasteiger partial charge in [0, 0.05) is 24.2 Å². The van der Waals surface area contributed by atoms with Gasteiger partial charge in [-0.25, -0.2) is 4.98 Å². The van der Waals surface area contributed by atoms with Crippen LogP contribution in [0.4, 0.5) is 5.69 Å². The van der Waals surface area contributed by atoms with Crippen LogP contribution in [0.3, 0.4) is 0 Å². The Kier molecular flexibility index (Phi) is 5.52. The number of halogens is 1. The van der Waals surface area contributed by atoms with E-state index in [1.54, 1.807) is 7.11 Å². The minimum Gasteiger partial charge on any atom is -0.495 e. The predicted octanol–water partition coefficient (Wildman–Crippen LogP) is 4.69. The first-order chi connectivity index (χ1) is 13.9. The molecule has 8 heteroatoms. The first-order valence-corrected chi connectivity index (χ1v) is 10.6. The standard InChI is InChI=1S/C21H22ClN3O3S/c1-12-4-6-18(28-12)21-23-13(2)19(29-21)20(26)24-15-8-9-25(11-15)16-10-14(22)5-7-17(16)27-3/h4-7,10,15H,8-9,11H2,1-3H3,(H,24,26)/t15-/m1/s1. The lowest BCUT2D eigenvalue weighted by molar-refractivity contribution is 0.0943. The van der Waals surface area contributed by atoms with Gasteiger partial charge in [0.1, 0.15) is 16.4 Å². The number of anilines is 1. The van der Waals surface area contributed by atoms with Gasteiger partial charge in [-0.2, -0.15) is 0 Å². The lowest BCUT2D eigenvalue weighted by Gasteiger charge is -2.21. The van der Waals surface area contributed by atoms with E-state index in [-0.39, 0.29) is 11.9 Å². The summed E-state index contributed by atoms with van der Waals surface area (Å²) in [5.74, 6) is 2.19. The Morgan fingerprint density at radius 3 is 2.90 bits per heavy atom. The molecule has 1 amide bonds. The zero-order valence-electron chi connectivity index (χ0n) is 16.5. The van der Waals surface area contributed by atoms with Crippen molar-refractivity contribution in [1.82, 2.24) is 10.3 Å². The number of carbonyl (C=O) groups excluding carboxylic acids is 1. The molecule has 1 aromatic carbocycles. The normalized spacial score (nSPS) is 16.3. The second-order valence-corrected chi connectivity index (χ2v) is 8.50. The summed E-state index contributed by atoms with van der Waals surface area (Å²) in [6, 6.07) is 9.38. The van der Waals surface area contributed by atoms with Crippen LogP contribution in [-0.4, -0.2) is 37.1 Å². The van der Waals surface area contributed by atoms with Crippen molar-refractivity contribution in [3.05, 3.63) is 51.7 Å². The highest BCUT2D eigenvalue weighted by Crippen LogP contribution is 2.34. The molecule has 3 aromatic rings.